The third-order valence-electron chi connectivity index (χ3n) is 2.90. The van der Waals surface area contributed by atoms with Gasteiger partial charge in [0.25, 0.3) is 0 Å². The van der Waals surface area contributed by atoms with Gasteiger partial charge in [-0.05, 0) is 69.4 Å². The monoisotopic (exact) mass is 330 g/mol. The van der Waals surface area contributed by atoms with E-state index in [1.54, 1.807) is 7.11 Å². The van der Waals surface area contributed by atoms with Gasteiger partial charge >= 0.3 is 0 Å². The lowest BCUT2D eigenvalue weighted by atomic mass is 10.1. The summed E-state index contributed by atoms with van der Waals surface area (Å²) in [5, 5.41) is 6.96. The fraction of sp³-hybridized carbons (Fsp3) is 0.278. The van der Waals surface area contributed by atoms with Crippen molar-refractivity contribution in [3.63, 3.8) is 0 Å². The highest BCUT2D eigenvalue weighted by molar-refractivity contribution is 7.80. The number of nitrogens with one attached hydrogen (secondary N) is 2. The van der Waals surface area contributed by atoms with Crippen LogP contribution in [0.5, 0.6) is 17.2 Å². The molecular formula is C18H22N2O2S. The molecule has 5 heteroatoms. The molecule has 2 N–H and O–H groups in total. The first kappa shape index (κ1) is 17.1. The van der Waals surface area contributed by atoms with E-state index in [4.69, 9.17) is 21.7 Å². The summed E-state index contributed by atoms with van der Waals surface area (Å²) in [7, 11) is 1.62. The Kier molecular flexibility index (Phi) is 5.45. The molecule has 2 aromatic rings. The quantitative estimate of drug-likeness (QED) is 0.804. The summed E-state index contributed by atoms with van der Waals surface area (Å²) < 4.78 is 11.1. The van der Waals surface area contributed by atoms with Crippen LogP contribution in [0.4, 0.5) is 5.69 Å². The van der Waals surface area contributed by atoms with E-state index in [-0.39, 0.29) is 5.54 Å². The Morgan fingerprint density at radius 1 is 0.957 bits per heavy atom. The lowest BCUT2D eigenvalue weighted by molar-refractivity contribution is 0.379. The molecule has 122 valence electrons. The van der Waals surface area contributed by atoms with Crippen LogP contribution < -0.4 is 20.1 Å². The largest absolute Gasteiger partial charge is 0.493 e. The summed E-state index contributed by atoms with van der Waals surface area (Å²) in [6.07, 6.45) is 0. The van der Waals surface area contributed by atoms with E-state index in [0.29, 0.717) is 16.6 Å². The molecule has 0 spiro atoms. The Bertz CT molecular complexity index is 663. The standard InChI is InChI=1S/C18H22N2O2S/c1-18(2,3)20-17(23)19-13-9-11-14(12-10-13)22-16-8-6-5-7-15(16)21-4/h5-12H,1-4H3,(H2,19,20,23). The molecule has 0 saturated heterocycles. The lowest BCUT2D eigenvalue weighted by Crippen LogP contribution is -2.42. The van der Waals surface area contributed by atoms with Crippen LogP contribution in [-0.4, -0.2) is 17.8 Å². The highest BCUT2D eigenvalue weighted by Gasteiger charge is 2.11. The van der Waals surface area contributed by atoms with E-state index in [1.165, 1.54) is 0 Å². The van der Waals surface area contributed by atoms with Gasteiger partial charge in [0.15, 0.2) is 16.6 Å². The van der Waals surface area contributed by atoms with Crippen molar-refractivity contribution < 1.29 is 9.47 Å². The third-order valence-corrected chi connectivity index (χ3v) is 3.10. The molecule has 2 aromatic carbocycles. The summed E-state index contributed by atoms with van der Waals surface area (Å²) in [6, 6.07) is 15.1. The number of anilines is 1. The van der Waals surface area contributed by atoms with Crippen molar-refractivity contribution in [2.24, 2.45) is 0 Å². The maximum atomic E-state index is 5.84. The summed E-state index contributed by atoms with van der Waals surface area (Å²) in [5.74, 6) is 2.11. The number of thiocarbonyl (C=S) groups is 1. The molecule has 0 saturated carbocycles. The van der Waals surface area contributed by atoms with Crippen molar-refractivity contribution in [1.82, 2.24) is 5.32 Å². The van der Waals surface area contributed by atoms with Crippen LogP contribution in [0.2, 0.25) is 0 Å². The molecule has 0 radical (unpaired) electrons. The second-order valence-electron chi connectivity index (χ2n) is 6.11. The Hall–Kier alpha value is -2.27. The van der Waals surface area contributed by atoms with Crippen molar-refractivity contribution >= 4 is 23.0 Å². The molecule has 0 unspecified atom stereocenters. The smallest absolute Gasteiger partial charge is 0.171 e. The van der Waals surface area contributed by atoms with Crippen LogP contribution >= 0.6 is 12.2 Å². The van der Waals surface area contributed by atoms with E-state index in [0.717, 1.165) is 11.4 Å². The van der Waals surface area contributed by atoms with Gasteiger partial charge in [-0.1, -0.05) is 12.1 Å². The van der Waals surface area contributed by atoms with Gasteiger partial charge in [0.1, 0.15) is 5.75 Å². The molecular weight excluding hydrogens is 308 g/mol. The molecule has 0 amide bonds. The number of benzene rings is 2. The molecule has 0 aliphatic carbocycles. The zero-order valence-electron chi connectivity index (χ0n) is 13.8. The average molecular weight is 330 g/mol. The minimum Gasteiger partial charge on any atom is -0.493 e. The molecule has 0 bridgehead atoms. The number of methoxy groups -OCH3 is 1. The van der Waals surface area contributed by atoms with Crippen LogP contribution in [0.1, 0.15) is 20.8 Å². The Balaban J connectivity index is 2.01. The second kappa shape index (κ2) is 7.33. The average Bonchev–Trinajstić information content (AvgIpc) is 2.48. The van der Waals surface area contributed by atoms with Gasteiger partial charge in [-0.3, -0.25) is 0 Å². The Morgan fingerprint density at radius 2 is 1.57 bits per heavy atom. The minimum atomic E-state index is -0.0724. The number of hydrogen-bond donors (Lipinski definition) is 2. The van der Waals surface area contributed by atoms with Gasteiger partial charge < -0.3 is 20.1 Å². The predicted octanol–water partition coefficient (Wildman–Crippen LogP) is 4.57. The van der Waals surface area contributed by atoms with E-state index in [1.807, 2.05) is 48.5 Å². The van der Waals surface area contributed by atoms with Gasteiger partial charge in [-0.2, -0.15) is 0 Å². The van der Waals surface area contributed by atoms with E-state index in [9.17, 15) is 0 Å². The van der Waals surface area contributed by atoms with Gasteiger partial charge in [0.2, 0.25) is 0 Å². The molecule has 0 atom stereocenters. The van der Waals surface area contributed by atoms with Crippen molar-refractivity contribution in [2.45, 2.75) is 26.3 Å². The second-order valence-corrected chi connectivity index (χ2v) is 6.51. The van der Waals surface area contributed by atoms with Crippen LogP contribution in [-0.2, 0) is 0 Å². The predicted molar refractivity (Wildman–Crippen MR) is 98.6 cm³/mol. The molecule has 23 heavy (non-hydrogen) atoms. The summed E-state index contributed by atoms with van der Waals surface area (Å²) in [6.45, 7) is 6.18. The number of ether oxygens (including phenoxy) is 2. The van der Waals surface area contributed by atoms with Crippen LogP contribution in [0.15, 0.2) is 48.5 Å². The molecule has 0 aliphatic heterocycles. The lowest BCUT2D eigenvalue weighted by Gasteiger charge is -2.23. The molecule has 0 aromatic heterocycles. The van der Waals surface area contributed by atoms with E-state index < -0.39 is 0 Å². The van der Waals surface area contributed by atoms with Gasteiger partial charge in [-0.25, -0.2) is 0 Å². The summed E-state index contributed by atoms with van der Waals surface area (Å²) in [4.78, 5) is 0. The Labute approximate surface area is 142 Å². The first-order valence-electron chi connectivity index (χ1n) is 7.37. The van der Waals surface area contributed by atoms with Gasteiger partial charge in [-0.15, -0.1) is 0 Å². The highest BCUT2D eigenvalue weighted by atomic mass is 32.1. The fourth-order valence-electron chi connectivity index (χ4n) is 1.94. The highest BCUT2D eigenvalue weighted by Crippen LogP contribution is 2.31. The van der Waals surface area contributed by atoms with Crippen molar-refractivity contribution in [3.05, 3.63) is 48.5 Å². The maximum Gasteiger partial charge on any atom is 0.171 e. The number of para-hydroxylation sites is 2. The maximum absolute atomic E-state index is 5.84. The van der Waals surface area contributed by atoms with Crippen LogP contribution in [0.3, 0.4) is 0 Å². The molecule has 2 rings (SSSR count). The zero-order chi connectivity index (χ0) is 16.9. The molecule has 0 fully saturated rings. The topological polar surface area (TPSA) is 42.5 Å². The summed E-state index contributed by atoms with van der Waals surface area (Å²) >= 11 is 5.28. The van der Waals surface area contributed by atoms with Crippen molar-refractivity contribution in [1.29, 1.82) is 0 Å². The first-order valence-corrected chi connectivity index (χ1v) is 7.78. The molecule has 0 heterocycles. The number of hydrogen-bond acceptors (Lipinski definition) is 3. The van der Waals surface area contributed by atoms with Crippen LogP contribution in [0.25, 0.3) is 0 Å². The van der Waals surface area contributed by atoms with E-state index in [2.05, 4.69) is 31.4 Å². The van der Waals surface area contributed by atoms with E-state index >= 15 is 0 Å². The van der Waals surface area contributed by atoms with Crippen molar-refractivity contribution in [3.8, 4) is 17.2 Å². The van der Waals surface area contributed by atoms with Gasteiger partial charge in [0, 0.05) is 11.2 Å². The van der Waals surface area contributed by atoms with Crippen molar-refractivity contribution in [2.75, 3.05) is 12.4 Å². The minimum absolute atomic E-state index is 0.0724. The fourth-order valence-corrected chi connectivity index (χ4v) is 2.36. The van der Waals surface area contributed by atoms with Crippen LogP contribution in [0, 0.1) is 0 Å². The SMILES string of the molecule is COc1ccccc1Oc1ccc(NC(=S)NC(C)(C)C)cc1. The van der Waals surface area contributed by atoms with Gasteiger partial charge in [0.05, 0.1) is 7.11 Å². The molecule has 0 aliphatic rings. The molecule has 4 nitrogen and oxygen atoms in total. The normalized spacial score (nSPS) is 10.8. The summed E-state index contributed by atoms with van der Waals surface area (Å²) in [5.41, 5.74) is 0.830. The number of rotatable bonds is 4. The Morgan fingerprint density at radius 3 is 2.13 bits per heavy atom. The third kappa shape index (κ3) is 5.45. The zero-order valence-corrected chi connectivity index (χ0v) is 14.7. The first-order chi connectivity index (χ1) is 10.9.